The average Bonchev–Trinajstić information content (AvgIpc) is 3.19. The Morgan fingerprint density at radius 2 is 2.04 bits per heavy atom. The van der Waals surface area contributed by atoms with Gasteiger partial charge in [-0.15, -0.1) is 11.3 Å². The second-order valence-corrected chi connectivity index (χ2v) is 6.32. The summed E-state index contributed by atoms with van der Waals surface area (Å²) < 4.78 is 0. The van der Waals surface area contributed by atoms with Crippen molar-refractivity contribution in [2.75, 3.05) is 5.01 Å². The highest BCUT2D eigenvalue weighted by Gasteiger charge is 2.30. The van der Waals surface area contributed by atoms with Crippen LogP contribution in [-0.2, 0) is 4.79 Å². The van der Waals surface area contributed by atoms with E-state index in [0.29, 0.717) is 17.7 Å². The molecule has 0 atom stereocenters. The van der Waals surface area contributed by atoms with Crippen LogP contribution in [0.15, 0.2) is 52.5 Å². The molecule has 5 nitrogen and oxygen atoms in total. The molecule has 2 heterocycles. The molecular formula is C18H16N2O3S. The minimum Gasteiger partial charge on any atom is -0.478 e. The van der Waals surface area contributed by atoms with Crippen molar-refractivity contribution in [2.24, 2.45) is 5.10 Å². The standard InChI is InChI=1S/C18H16N2O3S/c1-2-4-16-15(11-14-5-3-10-24-14)17(21)20(19-16)13-8-6-12(7-9-13)18(22)23/h3,5-11H,2,4H2,1H3,(H,22,23)/b15-11+. The molecule has 0 unspecified atom stereocenters. The zero-order valence-electron chi connectivity index (χ0n) is 13.1. The Morgan fingerprint density at radius 1 is 1.29 bits per heavy atom. The number of benzene rings is 1. The lowest BCUT2D eigenvalue weighted by atomic mass is 10.1. The number of rotatable bonds is 5. The first-order chi connectivity index (χ1) is 11.6. The van der Waals surface area contributed by atoms with Crippen molar-refractivity contribution in [3.05, 3.63) is 57.8 Å². The number of thiophene rings is 1. The SMILES string of the molecule is CCCC1=NN(c2ccc(C(=O)O)cc2)C(=O)/C1=C/c1cccs1. The maximum absolute atomic E-state index is 12.8. The largest absolute Gasteiger partial charge is 0.478 e. The molecule has 122 valence electrons. The van der Waals surface area contributed by atoms with Gasteiger partial charge in [0.15, 0.2) is 0 Å². The summed E-state index contributed by atoms with van der Waals surface area (Å²) in [6.07, 6.45) is 3.47. The van der Waals surface area contributed by atoms with Gasteiger partial charge in [-0.25, -0.2) is 4.79 Å². The molecule has 0 bridgehead atoms. The van der Waals surface area contributed by atoms with Crippen LogP contribution in [0.5, 0.6) is 0 Å². The number of carboxylic acid groups (broad SMARTS) is 1. The Hall–Kier alpha value is -2.73. The number of carbonyl (C=O) groups is 2. The molecule has 0 fully saturated rings. The molecule has 0 aliphatic carbocycles. The minimum absolute atomic E-state index is 0.178. The summed E-state index contributed by atoms with van der Waals surface area (Å²) in [6, 6.07) is 10.0. The van der Waals surface area contributed by atoms with Crippen molar-refractivity contribution >= 4 is 40.7 Å². The zero-order valence-corrected chi connectivity index (χ0v) is 13.9. The van der Waals surface area contributed by atoms with Crippen LogP contribution in [0, 0.1) is 0 Å². The third-order valence-corrected chi connectivity index (χ3v) is 4.45. The van der Waals surface area contributed by atoms with Gasteiger partial charge in [-0.1, -0.05) is 19.4 Å². The lowest BCUT2D eigenvalue weighted by Gasteiger charge is -2.11. The van der Waals surface area contributed by atoms with E-state index in [2.05, 4.69) is 5.10 Å². The molecule has 1 aromatic carbocycles. The van der Waals surface area contributed by atoms with E-state index in [9.17, 15) is 9.59 Å². The van der Waals surface area contributed by atoms with Gasteiger partial charge in [-0.2, -0.15) is 10.1 Å². The summed E-state index contributed by atoms with van der Waals surface area (Å²) in [5.41, 5.74) is 2.10. The number of hydrogen-bond donors (Lipinski definition) is 1. The fourth-order valence-corrected chi connectivity index (χ4v) is 3.12. The van der Waals surface area contributed by atoms with Crippen molar-refractivity contribution in [1.82, 2.24) is 0 Å². The molecule has 0 saturated heterocycles. The first-order valence-electron chi connectivity index (χ1n) is 7.61. The van der Waals surface area contributed by atoms with Crippen LogP contribution in [0.2, 0.25) is 0 Å². The quantitative estimate of drug-likeness (QED) is 0.835. The van der Waals surface area contributed by atoms with Gasteiger partial charge in [0.05, 0.1) is 22.5 Å². The fourth-order valence-electron chi connectivity index (χ4n) is 2.46. The molecular weight excluding hydrogens is 324 g/mol. The van der Waals surface area contributed by atoms with Gasteiger partial charge in [0.1, 0.15) is 0 Å². The Bertz CT molecular complexity index is 820. The van der Waals surface area contributed by atoms with Gasteiger partial charge in [-0.3, -0.25) is 4.79 Å². The summed E-state index contributed by atoms with van der Waals surface area (Å²) in [5, 5.41) is 16.7. The topological polar surface area (TPSA) is 70.0 Å². The van der Waals surface area contributed by atoms with Gasteiger partial charge in [-0.05, 0) is 48.2 Å². The summed E-state index contributed by atoms with van der Waals surface area (Å²) in [5.74, 6) is -1.18. The number of hydrazone groups is 1. The van der Waals surface area contributed by atoms with Gasteiger partial charge in [0.2, 0.25) is 0 Å². The highest BCUT2D eigenvalue weighted by atomic mass is 32.1. The molecule has 1 aromatic heterocycles. The maximum atomic E-state index is 12.8. The highest BCUT2D eigenvalue weighted by Crippen LogP contribution is 2.27. The maximum Gasteiger partial charge on any atom is 0.335 e. The molecule has 1 amide bonds. The molecule has 3 rings (SSSR count). The summed E-state index contributed by atoms with van der Waals surface area (Å²) in [7, 11) is 0. The van der Waals surface area contributed by atoms with Crippen molar-refractivity contribution < 1.29 is 14.7 Å². The minimum atomic E-state index is -0.997. The van der Waals surface area contributed by atoms with E-state index in [4.69, 9.17) is 5.11 Å². The lowest BCUT2D eigenvalue weighted by molar-refractivity contribution is -0.114. The van der Waals surface area contributed by atoms with Crippen LogP contribution >= 0.6 is 11.3 Å². The molecule has 1 N–H and O–H groups in total. The van der Waals surface area contributed by atoms with E-state index < -0.39 is 5.97 Å². The molecule has 0 radical (unpaired) electrons. The second kappa shape index (κ2) is 6.80. The normalized spacial score (nSPS) is 15.9. The Labute approximate surface area is 143 Å². The molecule has 2 aromatic rings. The number of carboxylic acids is 1. The second-order valence-electron chi connectivity index (χ2n) is 5.34. The fraction of sp³-hybridized carbons (Fsp3) is 0.167. The van der Waals surface area contributed by atoms with E-state index >= 15 is 0 Å². The van der Waals surface area contributed by atoms with Gasteiger partial charge >= 0.3 is 5.97 Å². The van der Waals surface area contributed by atoms with E-state index in [1.807, 2.05) is 30.5 Å². The van der Waals surface area contributed by atoms with E-state index in [1.165, 1.54) is 17.1 Å². The van der Waals surface area contributed by atoms with Crippen molar-refractivity contribution in [3.8, 4) is 0 Å². The molecule has 1 aliphatic heterocycles. The summed E-state index contributed by atoms with van der Waals surface area (Å²) in [4.78, 5) is 24.7. The third-order valence-electron chi connectivity index (χ3n) is 3.63. The van der Waals surface area contributed by atoms with Crippen molar-refractivity contribution in [3.63, 3.8) is 0 Å². The molecule has 24 heavy (non-hydrogen) atoms. The van der Waals surface area contributed by atoms with Crippen LogP contribution in [0.1, 0.15) is 35.0 Å². The zero-order chi connectivity index (χ0) is 17.1. The van der Waals surface area contributed by atoms with Crippen LogP contribution < -0.4 is 5.01 Å². The Morgan fingerprint density at radius 3 is 2.62 bits per heavy atom. The average molecular weight is 340 g/mol. The summed E-state index contributed by atoms with van der Waals surface area (Å²) >= 11 is 1.57. The van der Waals surface area contributed by atoms with Crippen molar-refractivity contribution in [2.45, 2.75) is 19.8 Å². The van der Waals surface area contributed by atoms with Crippen LogP contribution in [0.4, 0.5) is 5.69 Å². The molecule has 6 heteroatoms. The van der Waals surface area contributed by atoms with Crippen LogP contribution in [0.25, 0.3) is 6.08 Å². The number of nitrogens with zero attached hydrogens (tertiary/aromatic N) is 2. The Balaban J connectivity index is 1.95. The van der Waals surface area contributed by atoms with Gasteiger partial charge < -0.3 is 5.11 Å². The van der Waals surface area contributed by atoms with Crippen LogP contribution in [-0.4, -0.2) is 22.7 Å². The predicted molar refractivity (Wildman–Crippen MR) is 95.5 cm³/mol. The number of hydrogen-bond acceptors (Lipinski definition) is 4. The van der Waals surface area contributed by atoms with Gasteiger partial charge in [0.25, 0.3) is 5.91 Å². The van der Waals surface area contributed by atoms with E-state index in [0.717, 1.165) is 17.0 Å². The predicted octanol–water partition coefficient (Wildman–Crippen LogP) is 4.03. The Kier molecular flexibility index (Phi) is 4.57. The highest BCUT2D eigenvalue weighted by molar-refractivity contribution is 7.10. The first-order valence-corrected chi connectivity index (χ1v) is 8.49. The molecule has 0 spiro atoms. The first kappa shape index (κ1) is 16.1. The van der Waals surface area contributed by atoms with Gasteiger partial charge in [0, 0.05) is 4.88 Å². The number of aromatic carboxylic acids is 1. The van der Waals surface area contributed by atoms with E-state index in [1.54, 1.807) is 23.5 Å². The smallest absolute Gasteiger partial charge is 0.335 e. The third kappa shape index (κ3) is 3.14. The lowest BCUT2D eigenvalue weighted by Crippen LogP contribution is -2.21. The van der Waals surface area contributed by atoms with Crippen LogP contribution in [0.3, 0.4) is 0 Å². The van der Waals surface area contributed by atoms with Crippen molar-refractivity contribution in [1.29, 1.82) is 0 Å². The number of carbonyl (C=O) groups excluding carboxylic acids is 1. The van der Waals surface area contributed by atoms with E-state index in [-0.39, 0.29) is 11.5 Å². The monoisotopic (exact) mass is 340 g/mol. The molecule has 1 aliphatic rings. The summed E-state index contributed by atoms with van der Waals surface area (Å²) in [6.45, 7) is 2.04. The molecule has 0 saturated carbocycles. The number of amides is 1. The number of anilines is 1.